The molecule has 5 nitrogen and oxygen atoms in total. The molecule has 1 aliphatic heterocycles. The maximum absolute atomic E-state index is 12.5. The summed E-state index contributed by atoms with van der Waals surface area (Å²) in [6, 6.07) is 0.00814. The van der Waals surface area contributed by atoms with Gasteiger partial charge in [-0.3, -0.25) is 0 Å². The molecular weight excluding hydrogens is 278 g/mol. The second kappa shape index (κ2) is 7.20. The number of aliphatic hydroxyl groups excluding tert-OH is 1. The molecule has 2 fully saturated rings. The molecule has 0 spiro atoms. The topological polar surface area (TPSA) is 66.8 Å². The van der Waals surface area contributed by atoms with Gasteiger partial charge in [0.1, 0.15) is 0 Å². The zero-order chi connectivity index (χ0) is 14.6. The normalized spacial score (nSPS) is 32.6. The van der Waals surface area contributed by atoms with E-state index in [1.54, 1.807) is 11.4 Å². The van der Waals surface area contributed by atoms with E-state index in [0.717, 1.165) is 38.5 Å². The molecule has 2 aliphatic rings. The summed E-state index contributed by atoms with van der Waals surface area (Å²) in [5, 5.41) is 10.1. The standard InChI is InChI=1S/C14H27NO4S/c1-19-10-5-11-20(17,18)15-9-3-2-7-13(15)12-6-4-8-14(12)16/h12-14,16H,2-11H2,1H3. The molecule has 6 heteroatoms. The van der Waals surface area contributed by atoms with Crippen molar-refractivity contribution < 1.29 is 18.3 Å². The molecular formula is C14H27NO4S. The number of sulfonamides is 1. The summed E-state index contributed by atoms with van der Waals surface area (Å²) < 4.78 is 31.7. The Morgan fingerprint density at radius 1 is 1.20 bits per heavy atom. The van der Waals surface area contributed by atoms with Crippen LogP contribution in [0.1, 0.15) is 44.9 Å². The van der Waals surface area contributed by atoms with Crippen molar-refractivity contribution in [2.24, 2.45) is 5.92 Å². The average molecular weight is 305 g/mol. The SMILES string of the molecule is COCCCS(=O)(=O)N1CCCCC1C1CCCC1O. The van der Waals surface area contributed by atoms with Crippen LogP contribution in [0.3, 0.4) is 0 Å². The highest BCUT2D eigenvalue weighted by Crippen LogP contribution is 2.36. The van der Waals surface area contributed by atoms with Crippen molar-refractivity contribution in [3.8, 4) is 0 Å². The van der Waals surface area contributed by atoms with Gasteiger partial charge in [0.15, 0.2) is 0 Å². The van der Waals surface area contributed by atoms with Crippen molar-refractivity contribution in [1.82, 2.24) is 4.31 Å². The molecule has 0 amide bonds. The first-order valence-corrected chi connectivity index (χ1v) is 9.33. The number of nitrogens with zero attached hydrogens (tertiary/aromatic N) is 1. The summed E-state index contributed by atoms with van der Waals surface area (Å²) >= 11 is 0. The number of hydrogen-bond acceptors (Lipinski definition) is 4. The Morgan fingerprint density at radius 2 is 2.00 bits per heavy atom. The van der Waals surface area contributed by atoms with Gasteiger partial charge in [-0.2, -0.15) is 4.31 Å². The predicted molar refractivity (Wildman–Crippen MR) is 78.0 cm³/mol. The number of methoxy groups -OCH3 is 1. The Labute approximate surface area is 122 Å². The van der Waals surface area contributed by atoms with Gasteiger partial charge in [0.25, 0.3) is 0 Å². The number of ether oxygens (including phenoxy) is 1. The first-order valence-electron chi connectivity index (χ1n) is 7.73. The zero-order valence-electron chi connectivity index (χ0n) is 12.3. The third kappa shape index (κ3) is 3.72. The number of piperidine rings is 1. The first-order chi connectivity index (χ1) is 9.56. The van der Waals surface area contributed by atoms with Gasteiger partial charge >= 0.3 is 0 Å². The van der Waals surface area contributed by atoms with Crippen molar-refractivity contribution in [3.05, 3.63) is 0 Å². The van der Waals surface area contributed by atoms with Crippen LogP contribution in [0.25, 0.3) is 0 Å². The summed E-state index contributed by atoms with van der Waals surface area (Å²) in [5.41, 5.74) is 0. The third-order valence-electron chi connectivity index (χ3n) is 4.63. The van der Waals surface area contributed by atoms with Crippen LogP contribution in [0, 0.1) is 5.92 Å². The monoisotopic (exact) mass is 305 g/mol. The minimum Gasteiger partial charge on any atom is -0.393 e. The lowest BCUT2D eigenvalue weighted by Gasteiger charge is -2.39. The van der Waals surface area contributed by atoms with Crippen molar-refractivity contribution in [2.75, 3.05) is 26.0 Å². The first kappa shape index (κ1) is 16.2. The maximum Gasteiger partial charge on any atom is 0.214 e. The van der Waals surface area contributed by atoms with Crippen LogP contribution >= 0.6 is 0 Å². The highest BCUT2D eigenvalue weighted by atomic mass is 32.2. The van der Waals surface area contributed by atoms with Gasteiger partial charge in [0.2, 0.25) is 10.0 Å². The molecule has 3 atom stereocenters. The summed E-state index contributed by atoms with van der Waals surface area (Å²) in [6.45, 7) is 1.09. The third-order valence-corrected chi connectivity index (χ3v) is 6.60. The van der Waals surface area contributed by atoms with Crippen molar-refractivity contribution >= 4 is 10.0 Å². The molecule has 1 aliphatic carbocycles. The summed E-state index contributed by atoms with van der Waals surface area (Å²) in [7, 11) is -1.63. The number of rotatable bonds is 6. The van der Waals surface area contributed by atoms with E-state index in [-0.39, 0.29) is 23.8 Å². The summed E-state index contributed by atoms with van der Waals surface area (Å²) in [5.74, 6) is 0.285. The van der Waals surface area contributed by atoms with Gasteiger partial charge in [-0.25, -0.2) is 8.42 Å². The van der Waals surface area contributed by atoms with E-state index in [0.29, 0.717) is 19.6 Å². The molecule has 20 heavy (non-hydrogen) atoms. The van der Waals surface area contributed by atoms with Gasteiger partial charge in [0, 0.05) is 32.2 Å². The molecule has 0 aromatic carbocycles. The molecule has 0 bridgehead atoms. The summed E-state index contributed by atoms with van der Waals surface area (Å²) in [4.78, 5) is 0. The molecule has 0 radical (unpaired) electrons. The minimum absolute atomic E-state index is 0.00814. The van der Waals surface area contributed by atoms with E-state index in [9.17, 15) is 13.5 Å². The molecule has 1 N–H and O–H groups in total. The molecule has 1 heterocycles. The Balaban J connectivity index is 2.06. The fourth-order valence-electron chi connectivity index (χ4n) is 3.62. The largest absolute Gasteiger partial charge is 0.393 e. The molecule has 0 aromatic heterocycles. The van der Waals surface area contributed by atoms with Gasteiger partial charge in [-0.15, -0.1) is 0 Å². The molecule has 118 valence electrons. The van der Waals surface area contributed by atoms with Gasteiger partial charge in [-0.05, 0) is 32.1 Å². The Kier molecular flexibility index (Phi) is 5.84. The quantitative estimate of drug-likeness (QED) is 0.753. The van der Waals surface area contributed by atoms with Gasteiger partial charge < -0.3 is 9.84 Å². The average Bonchev–Trinajstić information content (AvgIpc) is 2.85. The summed E-state index contributed by atoms with van der Waals surface area (Å²) in [6.07, 6.45) is 5.89. The Hall–Kier alpha value is -0.170. The van der Waals surface area contributed by atoms with Crippen LogP contribution < -0.4 is 0 Å². The van der Waals surface area contributed by atoms with Gasteiger partial charge in [0.05, 0.1) is 11.9 Å². The van der Waals surface area contributed by atoms with Crippen LogP contribution in [-0.2, 0) is 14.8 Å². The lowest BCUT2D eigenvalue weighted by molar-refractivity contribution is 0.0722. The van der Waals surface area contributed by atoms with Crippen LogP contribution in [0.4, 0.5) is 0 Å². The molecule has 2 rings (SSSR count). The van der Waals surface area contributed by atoms with Crippen LogP contribution in [0.2, 0.25) is 0 Å². The molecule has 3 unspecified atom stereocenters. The maximum atomic E-state index is 12.5. The fraction of sp³-hybridized carbons (Fsp3) is 1.00. The van der Waals surface area contributed by atoms with E-state index < -0.39 is 10.0 Å². The lowest BCUT2D eigenvalue weighted by atomic mass is 9.89. The van der Waals surface area contributed by atoms with Crippen LogP contribution in [-0.4, -0.2) is 56.0 Å². The number of hydrogen-bond donors (Lipinski definition) is 1. The van der Waals surface area contributed by atoms with Gasteiger partial charge in [-0.1, -0.05) is 12.8 Å². The minimum atomic E-state index is -3.22. The van der Waals surface area contributed by atoms with Crippen molar-refractivity contribution in [2.45, 2.75) is 57.1 Å². The zero-order valence-corrected chi connectivity index (χ0v) is 13.1. The van der Waals surface area contributed by atoms with Crippen molar-refractivity contribution in [3.63, 3.8) is 0 Å². The molecule has 1 saturated carbocycles. The molecule has 0 aromatic rings. The van der Waals surface area contributed by atoms with Crippen LogP contribution in [0.5, 0.6) is 0 Å². The second-order valence-electron chi connectivity index (χ2n) is 6.00. The Morgan fingerprint density at radius 3 is 2.65 bits per heavy atom. The van der Waals surface area contributed by atoms with E-state index in [1.165, 1.54) is 0 Å². The van der Waals surface area contributed by atoms with Crippen molar-refractivity contribution in [1.29, 1.82) is 0 Å². The predicted octanol–water partition coefficient (Wildman–Crippen LogP) is 1.37. The molecule has 1 saturated heterocycles. The van der Waals surface area contributed by atoms with E-state index in [1.807, 2.05) is 0 Å². The van der Waals surface area contributed by atoms with E-state index in [2.05, 4.69) is 0 Å². The Bertz CT molecular complexity index is 398. The second-order valence-corrected chi connectivity index (χ2v) is 8.04. The highest BCUT2D eigenvalue weighted by molar-refractivity contribution is 7.89. The van der Waals surface area contributed by atoms with E-state index >= 15 is 0 Å². The fourth-order valence-corrected chi connectivity index (χ4v) is 5.42. The lowest BCUT2D eigenvalue weighted by Crippen LogP contribution is -2.50. The smallest absolute Gasteiger partial charge is 0.214 e. The number of aliphatic hydroxyl groups is 1. The van der Waals surface area contributed by atoms with E-state index in [4.69, 9.17) is 4.74 Å². The highest BCUT2D eigenvalue weighted by Gasteiger charge is 2.41. The van der Waals surface area contributed by atoms with Crippen LogP contribution in [0.15, 0.2) is 0 Å².